The highest BCUT2D eigenvalue weighted by molar-refractivity contribution is 5.34. The van der Waals surface area contributed by atoms with Crippen LogP contribution in [0.4, 0.5) is 5.69 Å². The molecular formula is C22H38N. The van der Waals surface area contributed by atoms with Gasteiger partial charge in [0.1, 0.15) is 0 Å². The molecule has 0 amide bonds. The predicted octanol–water partition coefficient (Wildman–Crippen LogP) is 7.40. The Morgan fingerprint density at radius 1 is 0.565 bits per heavy atom. The second-order valence-electron chi connectivity index (χ2n) is 6.81. The van der Waals surface area contributed by atoms with E-state index >= 15 is 0 Å². The van der Waals surface area contributed by atoms with Crippen LogP contribution in [0.15, 0.2) is 30.3 Å². The van der Waals surface area contributed by atoms with Gasteiger partial charge in [-0.15, -0.1) is 0 Å². The molecule has 0 aliphatic rings. The van der Waals surface area contributed by atoms with Crippen LogP contribution in [0.2, 0.25) is 0 Å². The number of para-hydroxylation sites is 1. The standard InChI is InChI=1S/C22H38N/c1-2-3-4-5-6-7-8-9-10-11-12-13-14-18-21-23-22-19-16-15-17-20-22/h15-17,19-20H,2-14,18,21H2,1H3. The van der Waals surface area contributed by atoms with E-state index in [4.69, 9.17) is 0 Å². The number of hydrogen-bond acceptors (Lipinski definition) is 0. The smallest absolute Gasteiger partial charge is 0.0574 e. The average Bonchev–Trinajstić information content (AvgIpc) is 2.59. The molecule has 0 heterocycles. The maximum Gasteiger partial charge on any atom is 0.0574 e. The molecule has 1 heteroatoms. The van der Waals surface area contributed by atoms with Crippen LogP contribution in [0.25, 0.3) is 0 Å². The van der Waals surface area contributed by atoms with Crippen LogP contribution in [0.5, 0.6) is 0 Å². The second-order valence-corrected chi connectivity index (χ2v) is 6.81. The molecule has 0 N–H and O–H groups in total. The third-order valence-electron chi connectivity index (χ3n) is 4.56. The molecule has 0 fully saturated rings. The van der Waals surface area contributed by atoms with Crippen LogP contribution in [-0.2, 0) is 0 Å². The first kappa shape index (κ1) is 20.1. The molecule has 0 spiro atoms. The fourth-order valence-corrected chi connectivity index (χ4v) is 3.05. The molecule has 1 rings (SSSR count). The zero-order valence-corrected chi connectivity index (χ0v) is 15.4. The molecule has 0 saturated heterocycles. The van der Waals surface area contributed by atoms with Crippen LogP contribution < -0.4 is 5.32 Å². The predicted molar refractivity (Wildman–Crippen MR) is 103 cm³/mol. The Bertz CT molecular complexity index is 333. The Morgan fingerprint density at radius 3 is 1.48 bits per heavy atom. The van der Waals surface area contributed by atoms with E-state index in [9.17, 15) is 0 Å². The van der Waals surface area contributed by atoms with Crippen molar-refractivity contribution in [1.82, 2.24) is 5.32 Å². The van der Waals surface area contributed by atoms with Crippen LogP contribution >= 0.6 is 0 Å². The van der Waals surface area contributed by atoms with Crippen molar-refractivity contribution in [3.8, 4) is 0 Å². The minimum absolute atomic E-state index is 0.988. The van der Waals surface area contributed by atoms with Crippen molar-refractivity contribution in [2.24, 2.45) is 0 Å². The van der Waals surface area contributed by atoms with E-state index in [0.29, 0.717) is 0 Å². The summed E-state index contributed by atoms with van der Waals surface area (Å²) in [7, 11) is 0. The lowest BCUT2D eigenvalue weighted by molar-refractivity contribution is 0.534. The lowest BCUT2D eigenvalue weighted by Crippen LogP contribution is -1.99. The van der Waals surface area contributed by atoms with Gasteiger partial charge in [0.15, 0.2) is 0 Å². The number of benzene rings is 1. The number of hydrogen-bond donors (Lipinski definition) is 0. The average molecular weight is 317 g/mol. The van der Waals surface area contributed by atoms with Crippen molar-refractivity contribution in [3.05, 3.63) is 30.3 Å². The Balaban J connectivity index is 1.72. The first-order chi connectivity index (χ1) is 11.4. The van der Waals surface area contributed by atoms with Gasteiger partial charge >= 0.3 is 0 Å². The summed E-state index contributed by atoms with van der Waals surface area (Å²) in [5, 5.41) is 4.60. The van der Waals surface area contributed by atoms with Crippen LogP contribution in [0, 0.1) is 0 Å². The molecule has 1 aromatic carbocycles. The molecule has 0 atom stereocenters. The highest BCUT2D eigenvalue weighted by Gasteiger charge is 1.95. The molecule has 131 valence electrons. The van der Waals surface area contributed by atoms with Gasteiger partial charge in [0.2, 0.25) is 0 Å². The van der Waals surface area contributed by atoms with E-state index in [2.05, 4.69) is 36.5 Å². The molecular weight excluding hydrogens is 278 g/mol. The fraction of sp³-hybridized carbons (Fsp3) is 0.727. The third-order valence-corrected chi connectivity index (χ3v) is 4.56. The van der Waals surface area contributed by atoms with Gasteiger partial charge in [0.25, 0.3) is 0 Å². The summed E-state index contributed by atoms with van der Waals surface area (Å²) < 4.78 is 0. The van der Waals surface area contributed by atoms with Gasteiger partial charge in [0.05, 0.1) is 5.69 Å². The van der Waals surface area contributed by atoms with Crippen LogP contribution in [0.1, 0.15) is 96.8 Å². The Hall–Kier alpha value is -0.980. The van der Waals surface area contributed by atoms with Gasteiger partial charge in [-0.25, -0.2) is 0 Å². The van der Waals surface area contributed by atoms with Crippen molar-refractivity contribution >= 4 is 5.69 Å². The number of nitrogens with zero attached hydrogens (tertiary/aromatic N) is 1. The summed E-state index contributed by atoms with van der Waals surface area (Å²) in [5.74, 6) is 0. The molecule has 0 aromatic heterocycles. The first-order valence-corrected chi connectivity index (χ1v) is 10.2. The van der Waals surface area contributed by atoms with E-state index in [1.165, 1.54) is 89.9 Å². The lowest BCUT2D eigenvalue weighted by Gasteiger charge is -2.04. The van der Waals surface area contributed by atoms with Crippen molar-refractivity contribution in [3.63, 3.8) is 0 Å². The maximum atomic E-state index is 4.60. The number of unbranched alkanes of at least 4 members (excludes halogenated alkanes) is 13. The molecule has 23 heavy (non-hydrogen) atoms. The largest absolute Gasteiger partial charge is 0.285 e. The van der Waals surface area contributed by atoms with E-state index < -0.39 is 0 Å². The van der Waals surface area contributed by atoms with Crippen molar-refractivity contribution in [2.45, 2.75) is 96.8 Å². The molecule has 1 nitrogen and oxygen atoms in total. The summed E-state index contributed by atoms with van der Waals surface area (Å²) in [6.45, 7) is 3.28. The van der Waals surface area contributed by atoms with Gasteiger partial charge in [-0.2, -0.15) is 0 Å². The zero-order chi connectivity index (χ0) is 16.4. The molecule has 0 aliphatic carbocycles. The van der Waals surface area contributed by atoms with Gasteiger partial charge < -0.3 is 0 Å². The molecule has 1 radical (unpaired) electrons. The minimum atomic E-state index is 0.988. The summed E-state index contributed by atoms with van der Waals surface area (Å²) in [5.41, 5.74) is 1.13. The van der Waals surface area contributed by atoms with Crippen molar-refractivity contribution in [1.29, 1.82) is 0 Å². The van der Waals surface area contributed by atoms with E-state index in [1.54, 1.807) is 0 Å². The summed E-state index contributed by atoms with van der Waals surface area (Å²) in [6.07, 6.45) is 19.8. The Kier molecular flexibility index (Phi) is 13.9. The minimum Gasteiger partial charge on any atom is -0.285 e. The van der Waals surface area contributed by atoms with Crippen molar-refractivity contribution < 1.29 is 0 Å². The number of rotatable bonds is 16. The zero-order valence-electron chi connectivity index (χ0n) is 15.4. The highest BCUT2D eigenvalue weighted by Crippen LogP contribution is 2.13. The van der Waals surface area contributed by atoms with Crippen LogP contribution in [0.3, 0.4) is 0 Å². The Labute approximate surface area is 145 Å². The van der Waals surface area contributed by atoms with E-state index in [1.807, 2.05) is 6.07 Å². The van der Waals surface area contributed by atoms with E-state index in [-0.39, 0.29) is 0 Å². The van der Waals surface area contributed by atoms with Gasteiger partial charge in [-0.05, 0) is 18.6 Å². The molecule has 0 saturated carbocycles. The first-order valence-electron chi connectivity index (χ1n) is 10.2. The van der Waals surface area contributed by atoms with Crippen molar-refractivity contribution in [2.75, 3.05) is 6.54 Å². The molecule has 0 unspecified atom stereocenters. The highest BCUT2D eigenvalue weighted by atomic mass is 14.9. The van der Waals surface area contributed by atoms with Crippen LogP contribution in [-0.4, -0.2) is 6.54 Å². The lowest BCUT2D eigenvalue weighted by atomic mass is 10.0. The van der Waals surface area contributed by atoms with E-state index in [0.717, 1.165) is 12.2 Å². The summed E-state index contributed by atoms with van der Waals surface area (Å²) in [4.78, 5) is 0. The third kappa shape index (κ3) is 13.2. The second kappa shape index (κ2) is 15.9. The molecule has 1 aromatic rings. The molecule has 0 aliphatic heterocycles. The fourth-order valence-electron chi connectivity index (χ4n) is 3.05. The molecule has 0 bridgehead atoms. The maximum absolute atomic E-state index is 4.60. The Morgan fingerprint density at radius 2 is 1.00 bits per heavy atom. The quantitative estimate of drug-likeness (QED) is 0.282. The normalized spacial score (nSPS) is 10.8. The van der Waals surface area contributed by atoms with Gasteiger partial charge in [0, 0.05) is 6.54 Å². The summed E-state index contributed by atoms with van der Waals surface area (Å²) in [6, 6.07) is 10.3. The van der Waals surface area contributed by atoms with Gasteiger partial charge in [-0.1, -0.05) is 109 Å². The SMILES string of the molecule is CCCCCCCCCCCCCCCC[N]c1ccccc1. The summed E-state index contributed by atoms with van der Waals surface area (Å²) >= 11 is 0. The monoisotopic (exact) mass is 316 g/mol. The topological polar surface area (TPSA) is 14.1 Å². The van der Waals surface area contributed by atoms with Gasteiger partial charge in [-0.3, -0.25) is 5.32 Å².